The first-order valence-corrected chi connectivity index (χ1v) is 8.72. The number of non-ortho nitro benzene ring substituents is 1. The van der Waals surface area contributed by atoms with Crippen molar-refractivity contribution in [3.8, 4) is 11.4 Å². The van der Waals surface area contributed by atoms with Crippen LogP contribution in [0.25, 0.3) is 11.4 Å². The summed E-state index contributed by atoms with van der Waals surface area (Å²) in [5, 5.41) is 14.8. The van der Waals surface area contributed by atoms with Crippen molar-refractivity contribution in [1.29, 1.82) is 0 Å². The number of nitro benzene ring substituents is 1. The zero-order chi connectivity index (χ0) is 17.9. The molecule has 1 aromatic heterocycles. The number of aromatic nitrogens is 2. The first kappa shape index (κ1) is 17.1. The summed E-state index contributed by atoms with van der Waals surface area (Å²) < 4.78 is 16.5. The molecular weight excluding hydrogens is 340 g/mol. The van der Waals surface area contributed by atoms with Crippen molar-refractivity contribution in [2.75, 3.05) is 26.3 Å². The SMILES string of the molecule is O=[N+]([O-])c1cccc(-c2noc(CN3CCC(C4OCCO4)CC3)n2)c1. The molecule has 0 bridgehead atoms. The lowest BCUT2D eigenvalue weighted by Crippen LogP contribution is -2.37. The van der Waals surface area contributed by atoms with E-state index in [-0.39, 0.29) is 12.0 Å². The van der Waals surface area contributed by atoms with Crippen LogP contribution < -0.4 is 0 Å². The Labute approximate surface area is 150 Å². The van der Waals surface area contributed by atoms with Gasteiger partial charge in [-0.1, -0.05) is 17.3 Å². The topological polar surface area (TPSA) is 104 Å². The summed E-state index contributed by atoms with van der Waals surface area (Å²) in [5.41, 5.74) is 0.579. The number of ether oxygens (including phenoxy) is 2. The Kier molecular flexibility index (Phi) is 4.91. The van der Waals surface area contributed by atoms with E-state index >= 15 is 0 Å². The lowest BCUT2D eigenvalue weighted by atomic mass is 9.96. The van der Waals surface area contributed by atoms with Gasteiger partial charge in [0, 0.05) is 23.6 Å². The number of hydrogen-bond donors (Lipinski definition) is 0. The fourth-order valence-electron chi connectivity index (χ4n) is 3.42. The smallest absolute Gasteiger partial charge is 0.270 e. The van der Waals surface area contributed by atoms with Crippen molar-refractivity contribution in [2.45, 2.75) is 25.7 Å². The molecule has 9 heteroatoms. The molecule has 3 heterocycles. The van der Waals surface area contributed by atoms with Gasteiger partial charge in [0.25, 0.3) is 5.69 Å². The van der Waals surface area contributed by atoms with Crippen molar-refractivity contribution in [2.24, 2.45) is 5.92 Å². The van der Waals surface area contributed by atoms with E-state index in [1.807, 2.05) is 0 Å². The molecule has 2 aromatic rings. The summed E-state index contributed by atoms with van der Waals surface area (Å²) in [6.07, 6.45) is 1.97. The number of rotatable bonds is 5. The van der Waals surface area contributed by atoms with Crippen LogP contribution in [0, 0.1) is 16.0 Å². The number of likely N-dealkylation sites (tertiary alicyclic amines) is 1. The Hall–Kier alpha value is -2.36. The van der Waals surface area contributed by atoms with E-state index in [0.717, 1.165) is 25.9 Å². The Balaban J connectivity index is 1.35. The van der Waals surface area contributed by atoms with Gasteiger partial charge in [-0.05, 0) is 25.9 Å². The summed E-state index contributed by atoms with van der Waals surface area (Å²) >= 11 is 0. The Morgan fingerprint density at radius 2 is 2.00 bits per heavy atom. The molecule has 138 valence electrons. The molecule has 0 amide bonds. The normalized spacial score (nSPS) is 19.8. The Bertz CT molecular complexity index is 766. The first-order chi connectivity index (χ1) is 12.7. The maximum absolute atomic E-state index is 10.9. The maximum Gasteiger partial charge on any atom is 0.270 e. The largest absolute Gasteiger partial charge is 0.350 e. The highest BCUT2D eigenvalue weighted by Gasteiger charge is 2.30. The fraction of sp³-hybridized carbons (Fsp3) is 0.529. The lowest BCUT2D eigenvalue weighted by molar-refractivity contribution is -0.384. The lowest BCUT2D eigenvalue weighted by Gasteiger charge is -2.32. The van der Waals surface area contributed by atoms with E-state index in [2.05, 4.69) is 15.0 Å². The Morgan fingerprint density at radius 3 is 2.73 bits per heavy atom. The second kappa shape index (κ2) is 7.48. The van der Waals surface area contributed by atoms with Gasteiger partial charge in [-0.2, -0.15) is 4.98 Å². The van der Waals surface area contributed by atoms with Gasteiger partial charge in [-0.3, -0.25) is 15.0 Å². The molecule has 0 unspecified atom stereocenters. The minimum atomic E-state index is -0.438. The van der Waals surface area contributed by atoms with Gasteiger partial charge in [0.05, 0.1) is 24.7 Å². The first-order valence-electron chi connectivity index (χ1n) is 8.72. The van der Waals surface area contributed by atoms with Gasteiger partial charge >= 0.3 is 0 Å². The third kappa shape index (κ3) is 3.74. The number of piperidine rings is 1. The minimum absolute atomic E-state index is 0.00673. The average Bonchev–Trinajstić information content (AvgIpc) is 3.34. The van der Waals surface area contributed by atoms with Crippen molar-refractivity contribution < 1.29 is 18.9 Å². The van der Waals surface area contributed by atoms with E-state index in [1.165, 1.54) is 12.1 Å². The van der Waals surface area contributed by atoms with Gasteiger partial charge < -0.3 is 14.0 Å². The number of nitrogens with zero attached hydrogens (tertiary/aromatic N) is 4. The average molecular weight is 360 g/mol. The predicted octanol–water partition coefficient (Wildman–Crippen LogP) is 2.23. The van der Waals surface area contributed by atoms with E-state index in [9.17, 15) is 10.1 Å². The summed E-state index contributed by atoms with van der Waals surface area (Å²) in [7, 11) is 0. The molecule has 4 rings (SSSR count). The summed E-state index contributed by atoms with van der Waals surface area (Å²) in [4.78, 5) is 17.1. The molecule has 2 saturated heterocycles. The second-order valence-electron chi connectivity index (χ2n) is 6.54. The van der Waals surface area contributed by atoms with Crippen molar-refractivity contribution in [3.05, 3.63) is 40.3 Å². The minimum Gasteiger partial charge on any atom is -0.350 e. The quantitative estimate of drug-likeness (QED) is 0.590. The predicted molar refractivity (Wildman–Crippen MR) is 90.1 cm³/mol. The van der Waals surface area contributed by atoms with Gasteiger partial charge in [0.15, 0.2) is 6.29 Å². The third-order valence-corrected chi connectivity index (χ3v) is 4.81. The number of nitro groups is 1. The molecular formula is C17H20N4O5. The fourth-order valence-corrected chi connectivity index (χ4v) is 3.42. The van der Waals surface area contributed by atoms with Crippen LogP contribution in [0.2, 0.25) is 0 Å². The number of hydrogen-bond acceptors (Lipinski definition) is 8. The molecule has 0 N–H and O–H groups in total. The van der Waals surface area contributed by atoms with Gasteiger partial charge in [0.2, 0.25) is 11.7 Å². The zero-order valence-corrected chi connectivity index (χ0v) is 14.2. The maximum atomic E-state index is 10.9. The van der Waals surface area contributed by atoms with E-state index in [4.69, 9.17) is 14.0 Å². The van der Waals surface area contributed by atoms with Crippen LogP contribution in [0.1, 0.15) is 18.7 Å². The van der Waals surface area contributed by atoms with Gasteiger partial charge in [0.1, 0.15) is 0 Å². The van der Waals surface area contributed by atoms with Crippen LogP contribution in [0.4, 0.5) is 5.69 Å². The van der Waals surface area contributed by atoms with Crippen LogP contribution in [0.5, 0.6) is 0 Å². The molecule has 0 aliphatic carbocycles. The van der Waals surface area contributed by atoms with Crippen molar-refractivity contribution in [1.82, 2.24) is 15.0 Å². The molecule has 1 aromatic carbocycles. The highest BCUT2D eigenvalue weighted by molar-refractivity contribution is 5.58. The third-order valence-electron chi connectivity index (χ3n) is 4.81. The second-order valence-corrected chi connectivity index (χ2v) is 6.54. The van der Waals surface area contributed by atoms with E-state index in [0.29, 0.717) is 43.0 Å². The van der Waals surface area contributed by atoms with Crippen molar-refractivity contribution >= 4 is 5.69 Å². The highest BCUT2D eigenvalue weighted by Crippen LogP contribution is 2.27. The molecule has 2 fully saturated rings. The van der Waals surface area contributed by atoms with Gasteiger partial charge in [-0.15, -0.1) is 0 Å². The molecule has 0 saturated carbocycles. The van der Waals surface area contributed by atoms with Crippen molar-refractivity contribution in [3.63, 3.8) is 0 Å². The zero-order valence-electron chi connectivity index (χ0n) is 14.2. The van der Waals surface area contributed by atoms with Crippen LogP contribution >= 0.6 is 0 Å². The standard InChI is InChI=1S/C17H20N4O5/c22-21(23)14-3-1-2-13(10-14)16-18-15(26-19-16)11-20-6-4-12(5-7-20)17-24-8-9-25-17/h1-3,10,12,17H,4-9,11H2. The Morgan fingerprint density at radius 1 is 1.23 bits per heavy atom. The van der Waals surface area contributed by atoms with Crippen LogP contribution in [0.3, 0.4) is 0 Å². The summed E-state index contributed by atoms with van der Waals surface area (Å²) in [5.74, 6) is 1.32. The monoisotopic (exact) mass is 360 g/mol. The highest BCUT2D eigenvalue weighted by atomic mass is 16.7. The van der Waals surface area contributed by atoms with Crippen LogP contribution in [0.15, 0.2) is 28.8 Å². The van der Waals surface area contributed by atoms with E-state index in [1.54, 1.807) is 12.1 Å². The molecule has 0 spiro atoms. The molecule has 26 heavy (non-hydrogen) atoms. The summed E-state index contributed by atoms with van der Waals surface area (Å²) in [6.45, 7) is 3.78. The molecule has 9 nitrogen and oxygen atoms in total. The molecule has 2 aliphatic rings. The van der Waals surface area contributed by atoms with E-state index < -0.39 is 4.92 Å². The molecule has 0 atom stereocenters. The van der Waals surface area contributed by atoms with Crippen LogP contribution in [-0.2, 0) is 16.0 Å². The molecule has 2 aliphatic heterocycles. The molecule has 0 radical (unpaired) electrons. The van der Waals surface area contributed by atoms with Gasteiger partial charge in [-0.25, -0.2) is 0 Å². The summed E-state index contributed by atoms with van der Waals surface area (Å²) in [6, 6.07) is 6.23. The number of benzene rings is 1. The van der Waals surface area contributed by atoms with Crippen LogP contribution in [-0.4, -0.2) is 52.6 Å².